The van der Waals surface area contributed by atoms with Crippen molar-refractivity contribution in [1.82, 2.24) is 10.2 Å². The SMILES string of the molecule is CCCN(Cc1c(C)cccc1C)CC1CCCN1. The first-order chi connectivity index (χ1) is 9.20. The Morgan fingerprint density at radius 3 is 2.58 bits per heavy atom. The van der Waals surface area contributed by atoms with E-state index in [1.54, 1.807) is 0 Å². The summed E-state index contributed by atoms with van der Waals surface area (Å²) < 4.78 is 0. The second kappa shape index (κ2) is 7.06. The Morgan fingerprint density at radius 1 is 1.26 bits per heavy atom. The molecule has 1 heterocycles. The highest BCUT2D eigenvalue weighted by Crippen LogP contribution is 2.17. The van der Waals surface area contributed by atoms with Crippen LogP contribution in [0.15, 0.2) is 18.2 Å². The predicted octanol–water partition coefficient (Wildman–Crippen LogP) is 3.27. The van der Waals surface area contributed by atoms with Gasteiger partial charge in [-0.25, -0.2) is 0 Å². The van der Waals surface area contributed by atoms with Gasteiger partial charge >= 0.3 is 0 Å². The molecule has 2 nitrogen and oxygen atoms in total. The summed E-state index contributed by atoms with van der Waals surface area (Å²) >= 11 is 0. The normalized spacial score (nSPS) is 19.3. The third kappa shape index (κ3) is 4.05. The van der Waals surface area contributed by atoms with E-state index in [9.17, 15) is 0 Å². The van der Waals surface area contributed by atoms with Crippen molar-refractivity contribution >= 4 is 0 Å². The first-order valence-corrected chi connectivity index (χ1v) is 7.71. The molecule has 1 fully saturated rings. The third-order valence-electron chi connectivity index (χ3n) is 4.21. The molecule has 1 aromatic rings. The number of benzene rings is 1. The lowest BCUT2D eigenvalue weighted by atomic mass is 10.0. The van der Waals surface area contributed by atoms with Crippen molar-refractivity contribution in [2.45, 2.75) is 52.6 Å². The van der Waals surface area contributed by atoms with E-state index in [-0.39, 0.29) is 0 Å². The van der Waals surface area contributed by atoms with Crippen LogP contribution < -0.4 is 5.32 Å². The monoisotopic (exact) mass is 260 g/mol. The average molecular weight is 260 g/mol. The molecule has 0 bridgehead atoms. The summed E-state index contributed by atoms with van der Waals surface area (Å²) in [6, 6.07) is 7.34. The van der Waals surface area contributed by atoms with Gasteiger partial charge in [-0.1, -0.05) is 25.1 Å². The lowest BCUT2D eigenvalue weighted by Crippen LogP contribution is -2.37. The second-order valence-electron chi connectivity index (χ2n) is 5.90. The van der Waals surface area contributed by atoms with Crippen LogP contribution in [0.4, 0.5) is 0 Å². The molecule has 2 rings (SSSR count). The van der Waals surface area contributed by atoms with E-state index >= 15 is 0 Å². The van der Waals surface area contributed by atoms with Crippen molar-refractivity contribution in [2.75, 3.05) is 19.6 Å². The molecule has 106 valence electrons. The average Bonchev–Trinajstić information content (AvgIpc) is 2.87. The maximum absolute atomic E-state index is 3.62. The molecule has 0 saturated carbocycles. The lowest BCUT2D eigenvalue weighted by molar-refractivity contribution is 0.241. The fourth-order valence-corrected chi connectivity index (χ4v) is 3.10. The predicted molar refractivity (Wildman–Crippen MR) is 82.5 cm³/mol. The van der Waals surface area contributed by atoms with Gasteiger partial charge in [0, 0.05) is 19.1 Å². The summed E-state index contributed by atoms with van der Waals surface area (Å²) in [5, 5.41) is 3.62. The van der Waals surface area contributed by atoms with Crippen LogP contribution in [-0.4, -0.2) is 30.6 Å². The van der Waals surface area contributed by atoms with E-state index in [1.807, 2.05) is 0 Å². The first kappa shape index (κ1) is 14.5. The van der Waals surface area contributed by atoms with Crippen molar-refractivity contribution < 1.29 is 0 Å². The van der Waals surface area contributed by atoms with Crippen LogP contribution in [-0.2, 0) is 6.54 Å². The zero-order chi connectivity index (χ0) is 13.7. The maximum atomic E-state index is 3.62. The zero-order valence-corrected chi connectivity index (χ0v) is 12.7. The fraction of sp³-hybridized carbons (Fsp3) is 0.647. The smallest absolute Gasteiger partial charge is 0.0239 e. The minimum atomic E-state index is 0.705. The standard InChI is InChI=1S/C17H28N2/c1-4-11-19(12-16-9-6-10-18-16)13-17-14(2)7-5-8-15(17)3/h5,7-8,16,18H,4,6,9-13H2,1-3H3. The van der Waals surface area contributed by atoms with Crippen LogP contribution in [0.3, 0.4) is 0 Å². The second-order valence-corrected chi connectivity index (χ2v) is 5.90. The Kier molecular flexibility index (Phi) is 5.41. The largest absolute Gasteiger partial charge is 0.313 e. The van der Waals surface area contributed by atoms with Crippen LogP contribution >= 0.6 is 0 Å². The highest BCUT2D eigenvalue weighted by atomic mass is 15.1. The van der Waals surface area contributed by atoms with Gasteiger partial charge in [-0.3, -0.25) is 4.90 Å². The molecule has 0 aliphatic carbocycles. The van der Waals surface area contributed by atoms with Crippen LogP contribution in [0.1, 0.15) is 42.9 Å². The van der Waals surface area contributed by atoms with Crippen molar-refractivity contribution in [2.24, 2.45) is 0 Å². The van der Waals surface area contributed by atoms with Crippen molar-refractivity contribution in [3.05, 3.63) is 34.9 Å². The molecule has 1 atom stereocenters. The van der Waals surface area contributed by atoms with Gasteiger partial charge < -0.3 is 5.32 Å². The lowest BCUT2D eigenvalue weighted by Gasteiger charge is -2.26. The summed E-state index contributed by atoms with van der Waals surface area (Å²) in [5.41, 5.74) is 4.38. The summed E-state index contributed by atoms with van der Waals surface area (Å²) in [5.74, 6) is 0. The molecule has 0 amide bonds. The maximum Gasteiger partial charge on any atom is 0.0239 e. The van der Waals surface area contributed by atoms with E-state index < -0.39 is 0 Å². The molecule has 1 aliphatic heterocycles. The highest BCUT2D eigenvalue weighted by Gasteiger charge is 2.18. The van der Waals surface area contributed by atoms with Gasteiger partial charge in [0.2, 0.25) is 0 Å². The van der Waals surface area contributed by atoms with Gasteiger partial charge in [0.25, 0.3) is 0 Å². The van der Waals surface area contributed by atoms with E-state index in [0.29, 0.717) is 6.04 Å². The number of hydrogen-bond acceptors (Lipinski definition) is 2. The first-order valence-electron chi connectivity index (χ1n) is 7.71. The Balaban J connectivity index is 2.02. The fourth-order valence-electron chi connectivity index (χ4n) is 3.10. The third-order valence-corrected chi connectivity index (χ3v) is 4.21. The van der Waals surface area contributed by atoms with Crippen molar-refractivity contribution in [3.63, 3.8) is 0 Å². The number of aryl methyl sites for hydroxylation is 2. The highest BCUT2D eigenvalue weighted by molar-refractivity contribution is 5.33. The topological polar surface area (TPSA) is 15.3 Å². The van der Waals surface area contributed by atoms with E-state index in [4.69, 9.17) is 0 Å². The quantitative estimate of drug-likeness (QED) is 0.844. The minimum Gasteiger partial charge on any atom is -0.313 e. The van der Waals surface area contributed by atoms with Gasteiger partial charge in [-0.15, -0.1) is 0 Å². The molecule has 0 spiro atoms. The van der Waals surface area contributed by atoms with Gasteiger partial charge in [0.1, 0.15) is 0 Å². The Morgan fingerprint density at radius 2 is 2.00 bits per heavy atom. The molecule has 19 heavy (non-hydrogen) atoms. The molecule has 1 saturated heterocycles. The van der Waals surface area contributed by atoms with E-state index in [0.717, 1.165) is 6.54 Å². The Labute approximate surface area is 118 Å². The summed E-state index contributed by atoms with van der Waals surface area (Å²) in [7, 11) is 0. The molecular formula is C17H28N2. The van der Waals surface area contributed by atoms with E-state index in [2.05, 4.69) is 49.2 Å². The molecule has 1 aromatic carbocycles. The van der Waals surface area contributed by atoms with Crippen LogP contribution in [0.2, 0.25) is 0 Å². The zero-order valence-electron chi connectivity index (χ0n) is 12.7. The van der Waals surface area contributed by atoms with Gasteiger partial charge in [0.05, 0.1) is 0 Å². The Bertz CT molecular complexity index is 374. The van der Waals surface area contributed by atoms with Crippen LogP contribution in [0.5, 0.6) is 0 Å². The van der Waals surface area contributed by atoms with Crippen LogP contribution in [0.25, 0.3) is 0 Å². The molecular weight excluding hydrogens is 232 g/mol. The van der Waals surface area contributed by atoms with Gasteiger partial charge in [-0.05, 0) is 62.9 Å². The molecule has 1 aliphatic rings. The number of hydrogen-bond donors (Lipinski definition) is 1. The van der Waals surface area contributed by atoms with Gasteiger partial charge in [0.15, 0.2) is 0 Å². The molecule has 0 radical (unpaired) electrons. The van der Waals surface area contributed by atoms with Crippen molar-refractivity contribution in [1.29, 1.82) is 0 Å². The molecule has 1 unspecified atom stereocenters. The summed E-state index contributed by atoms with van der Waals surface area (Å²) in [6.07, 6.45) is 3.92. The Hall–Kier alpha value is -0.860. The summed E-state index contributed by atoms with van der Waals surface area (Å²) in [6.45, 7) is 11.5. The minimum absolute atomic E-state index is 0.705. The van der Waals surface area contributed by atoms with Crippen LogP contribution in [0, 0.1) is 13.8 Å². The van der Waals surface area contributed by atoms with E-state index in [1.165, 1.54) is 55.6 Å². The molecule has 1 N–H and O–H groups in total. The number of nitrogens with one attached hydrogen (secondary N) is 1. The van der Waals surface area contributed by atoms with Crippen molar-refractivity contribution in [3.8, 4) is 0 Å². The number of rotatable bonds is 6. The van der Waals surface area contributed by atoms with Gasteiger partial charge in [-0.2, -0.15) is 0 Å². The molecule has 0 aromatic heterocycles. The molecule has 2 heteroatoms. The number of nitrogens with zero attached hydrogens (tertiary/aromatic N) is 1. The summed E-state index contributed by atoms with van der Waals surface area (Å²) in [4.78, 5) is 2.62.